The van der Waals surface area contributed by atoms with Crippen molar-refractivity contribution in [1.29, 1.82) is 0 Å². The van der Waals surface area contributed by atoms with E-state index in [0.29, 0.717) is 0 Å². The minimum atomic E-state index is -3.97. The first-order valence-corrected chi connectivity index (χ1v) is 6.76. The second kappa shape index (κ2) is 5.32. The zero-order chi connectivity index (χ0) is 13.9. The summed E-state index contributed by atoms with van der Waals surface area (Å²) >= 11 is 5.62. The summed E-state index contributed by atoms with van der Waals surface area (Å²) in [5.74, 6) is -3.34. The third-order valence-corrected chi connectivity index (χ3v) is 3.63. The molecule has 0 radical (unpaired) electrons. The van der Waals surface area contributed by atoms with Gasteiger partial charge < -0.3 is 5.11 Å². The molecule has 0 spiro atoms. The molecule has 0 atom stereocenters. The highest BCUT2D eigenvalue weighted by molar-refractivity contribution is 7.91. The van der Waals surface area contributed by atoms with Crippen molar-refractivity contribution in [3.63, 3.8) is 0 Å². The minimum Gasteiger partial charge on any atom is -0.480 e. The van der Waals surface area contributed by atoms with E-state index >= 15 is 0 Å². The lowest BCUT2D eigenvalue weighted by Gasteiger charge is -2.04. The maximum Gasteiger partial charge on any atom is 0.318 e. The zero-order valence-electron chi connectivity index (χ0n) is 8.87. The second-order valence-corrected chi connectivity index (χ2v) is 5.96. The first kappa shape index (κ1) is 14.4. The molecule has 0 saturated carbocycles. The highest BCUT2D eigenvalue weighted by atomic mass is 35.5. The Balaban J connectivity index is 3.14. The fraction of sp³-hybridized carbons (Fsp3) is 0.222. The third kappa shape index (κ3) is 3.97. The Bertz CT molecular complexity index is 597. The topological polar surface area (TPSA) is 115 Å². The smallest absolute Gasteiger partial charge is 0.318 e. The molecule has 7 nitrogen and oxygen atoms in total. The molecule has 1 rings (SSSR count). The molecule has 18 heavy (non-hydrogen) atoms. The van der Waals surface area contributed by atoms with Crippen LogP contribution in [-0.2, 0) is 20.4 Å². The maximum absolute atomic E-state index is 11.4. The van der Waals surface area contributed by atoms with Crippen LogP contribution in [0.25, 0.3) is 0 Å². The summed E-state index contributed by atoms with van der Waals surface area (Å²) in [5.41, 5.74) is -0.540. The van der Waals surface area contributed by atoms with Gasteiger partial charge >= 0.3 is 5.97 Å². The van der Waals surface area contributed by atoms with Crippen LogP contribution in [0.4, 0.5) is 5.69 Å². The number of nitro benzene ring substituents is 1. The van der Waals surface area contributed by atoms with Gasteiger partial charge in [0.25, 0.3) is 5.69 Å². The quantitative estimate of drug-likeness (QED) is 0.645. The Morgan fingerprint density at radius 2 is 2.06 bits per heavy atom. The molecule has 0 aliphatic rings. The molecule has 0 fully saturated rings. The zero-order valence-corrected chi connectivity index (χ0v) is 10.4. The van der Waals surface area contributed by atoms with Crippen LogP contribution in [0.5, 0.6) is 0 Å². The second-order valence-electron chi connectivity index (χ2n) is 3.46. The minimum absolute atomic E-state index is 0.131. The van der Waals surface area contributed by atoms with Gasteiger partial charge in [0.1, 0.15) is 5.75 Å². The predicted octanol–water partition coefficient (Wildman–Crippen LogP) is 1.25. The molecule has 0 unspecified atom stereocenters. The van der Waals surface area contributed by atoms with Crippen LogP contribution < -0.4 is 0 Å². The molecule has 0 aliphatic carbocycles. The lowest BCUT2D eigenvalue weighted by Crippen LogP contribution is -2.17. The van der Waals surface area contributed by atoms with Crippen LogP contribution in [0.1, 0.15) is 5.56 Å². The molecule has 0 amide bonds. The number of benzene rings is 1. The molecule has 1 N–H and O–H groups in total. The lowest BCUT2D eigenvalue weighted by atomic mass is 10.2. The van der Waals surface area contributed by atoms with Crippen LogP contribution in [0, 0.1) is 10.1 Å². The summed E-state index contributed by atoms with van der Waals surface area (Å²) in [7, 11) is -3.97. The van der Waals surface area contributed by atoms with E-state index in [9.17, 15) is 23.3 Å². The SMILES string of the molecule is O=C(O)CS(=O)(=O)Cc1cc(Cl)ccc1[N+](=O)[O-]. The molecule has 0 aromatic heterocycles. The van der Waals surface area contributed by atoms with Gasteiger partial charge in [-0.05, 0) is 12.1 Å². The van der Waals surface area contributed by atoms with Crippen LogP contribution in [0.2, 0.25) is 5.02 Å². The molecule has 0 heterocycles. The van der Waals surface area contributed by atoms with Gasteiger partial charge in [0, 0.05) is 16.7 Å². The van der Waals surface area contributed by atoms with Crippen molar-refractivity contribution in [1.82, 2.24) is 0 Å². The molecule has 0 bridgehead atoms. The highest BCUT2D eigenvalue weighted by Crippen LogP contribution is 2.24. The number of hydrogen-bond acceptors (Lipinski definition) is 5. The normalized spacial score (nSPS) is 11.2. The van der Waals surface area contributed by atoms with E-state index in [1.807, 2.05) is 0 Å². The number of nitro groups is 1. The standard InChI is InChI=1S/C9H8ClNO6S/c10-7-1-2-8(11(14)15)6(3-7)4-18(16,17)5-9(12)13/h1-3H,4-5H2,(H,12,13). The molecule has 0 saturated heterocycles. The Labute approximate surface area is 107 Å². The summed E-state index contributed by atoms with van der Waals surface area (Å²) in [6, 6.07) is 3.47. The Hall–Kier alpha value is -1.67. The van der Waals surface area contributed by atoms with E-state index in [1.165, 1.54) is 6.07 Å². The Kier molecular flexibility index (Phi) is 4.25. The van der Waals surface area contributed by atoms with Gasteiger partial charge in [-0.2, -0.15) is 0 Å². The number of halogens is 1. The van der Waals surface area contributed by atoms with Gasteiger partial charge in [-0.15, -0.1) is 0 Å². The molecule has 98 valence electrons. The molecular formula is C9H8ClNO6S. The van der Waals surface area contributed by atoms with Crippen molar-refractivity contribution in [2.24, 2.45) is 0 Å². The Morgan fingerprint density at radius 1 is 1.44 bits per heavy atom. The van der Waals surface area contributed by atoms with Crippen LogP contribution in [-0.4, -0.2) is 30.2 Å². The summed E-state index contributed by atoms with van der Waals surface area (Å²) in [6.45, 7) is 0. The van der Waals surface area contributed by atoms with E-state index in [1.54, 1.807) is 0 Å². The first-order valence-electron chi connectivity index (χ1n) is 4.56. The van der Waals surface area contributed by atoms with Crippen molar-refractivity contribution < 1.29 is 23.2 Å². The third-order valence-electron chi connectivity index (χ3n) is 1.96. The van der Waals surface area contributed by atoms with Crippen molar-refractivity contribution >= 4 is 33.1 Å². The van der Waals surface area contributed by atoms with E-state index in [-0.39, 0.29) is 10.6 Å². The van der Waals surface area contributed by atoms with Gasteiger partial charge in [0.15, 0.2) is 9.84 Å². The van der Waals surface area contributed by atoms with Crippen molar-refractivity contribution in [2.45, 2.75) is 5.75 Å². The van der Waals surface area contributed by atoms with E-state index in [2.05, 4.69) is 0 Å². The van der Waals surface area contributed by atoms with Gasteiger partial charge in [-0.1, -0.05) is 11.6 Å². The fourth-order valence-electron chi connectivity index (χ4n) is 1.32. The number of sulfone groups is 1. The Morgan fingerprint density at radius 3 is 2.56 bits per heavy atom. The average Bonchev–Trinajstić information content (AvgIpc) is 2.13. The van der Waals surface area contributed by atoms with Crippen molar-refractivity contribution in [3.05, 3.63) is 38.9 Å². The van der Waals surface area contributed by atoms with Crippen molar-refractivity contribution in [2.75, 3.05) is 5.75 Å². The average molecular weight is 294 g/mol. The van der Waals surface area contributed by atoms with Gasteiger partial charge in [-0.3, -0.25) is 14.9 Å². The molecule has 1 aromatic rings. The number of carbonyl (C=O) groups is 1. The van der Waals surface area contributed by atoms with Crippen molar-refractivity contribution in [3.8, 4) is 0 Å². The predicted molar refractivity (Wildman–Crippen MR) is 63.2 cm³/mol. The van der Waals surface area contributed by atoms with Gasteiger partial charge in [0.05, 0.1) is 10.7 Å². The molecule has 1 aromatic carbocycles. The van der Waals surface area contributed by atoms with Crippen LogP contribution in [0.15, 0.2) is 18.2 Å². The van der Waals surface area contributed by atoms with Crippen LogP contribution in [0.3, 0.4) is 0 Å². The first-order chi connectivity index (χ1) is 8.21. The maximum atomic E-state index is 11.4. The number of nitrogens with zero attached hydrogens (tertiary/aromatic N) is 1. The summed E-state index contributed by atoms with van der Waals surface area (Å²) < 4.78 is 22.9. The number of rotatable bonds is 5. The van der Waals surface area contributed by atoms with E-state index in [4.69, 9.17) is 16.7 Å². The summed E-state index contributed by atoms with van der Waals surface area (Å²) in [5, 5.41) is 19.3. The monoisotopic (exact) mass is 293 g/mol. The lowest BCUT2D eigenvalue weighted by molar-refractivity contribution is -0.385. The number of carboxylic acid groups (broad SMARTS) is 1. The number of carboxylic acids is 1. The number of hydrogen-bond donors (Lipinski definition) is 1. The number of aliphatic carboxylic acids is 1. The van der Waals surface area contributed by atoms with E-state index < -0.39 is 37.9 Å². The molecular weight excluding hydrogens is 286 g/mol. The molecule has 9 heteroatoms. The van der Waals surface area contributed by atoms with Gasteiger partial charge in [0.2, 0.25) is 0 Å². The largest absolute Gasteiger partial charge is 0.480 e. The highest BCUT2D eigenvalue weighted by Gasteiger charge is 2.22. The van der Waals surface area contributed by atoms with Gasteiger partial charge in [-0.25, -0.2) is 8.42 Å². The summed E-state index contributed by atoms with van der Waals surface area (Å²) in [4.78, 5) is 20.3. The van der Waals surface area contributed by atoms with Crippen LogP contribution >= 0.6 is 11.6 Å². The molecule has 0 aliphatic heterocycles. The summed E-state index contributed by atoms with van der Waals surface area (Å²) in [6.07, 6.45) is 0. The fourth-order valence-corrected chi connectivity index (χ4v) is 2.70. The van der Waals surface area contributed by atoms with E-state index in [0.717, 1.165) is 12.1 Å².